The van der Waals surface area contributed by atoms with Crippen molar-refractivity contribution in [2.75, 3.05) is 6.61 Å². The lowest BCUT2D eigenvalue weighted by Gasteiger charge is -2.60. The van der Waals surface area contributed by atoms with Crippen LogP contribution in [0.25, 0.3) is 11.0 Å². The number of hydrogen-bond acceptors (Lipinski definition) is 10. The molecular formula is C32H41N3O8. The van der Waals surface area contributed by atoms with Gasteiger partial charge in [-0.3, -0.25) is 4.68 Å². The average molecular weight is 596 g/mol. The van der Waals surface area contributed by atoms with Crippen LogP contribution in [0.1, 0.15) is 69.7 Å². The Labute approximate surface area is 250 Å². The van der Waals surface area contributed by atoms with Gasteiger partial charge in [0.15, 0.2) is 18.2 Å². The molecule has 232 valence electrons. The summed E-state index contributed by atoms with van der Waals surface area (Å²) in [4.78, 5) is 24.2. The minimum atomic E-state index is -0.808. The van der Waals surface area contributed by atoms with E-state index >= 15 is 0 Å². The predicted molar refractivity (Wildman–Crippen MR) is 154 cm³/mol. The second-order valence-corrected chi connectivity index (χ2v) is 13.1. The summed E-state index contributed by atoms with van der Waals surface area (Å²) in [5.41, 5.74) is 1.90. The first-order valence-corrected chi connectivity index (χ1v) is 15.5. The first-order chi connectivity index (χ1) is 20.7. The van der Waals surface area contributed by atoms with Crippen molar-refractivity contribution in [2.24, 2.45) is 23.7 Å². The van der Waals surface area contributed by atoms with Gasteiger partial charge in [-0.1, -0.05) is 19.1 Å². The summed E-state index contributed by atoms with van der Waals surface area (Å²) in [7, 11) is 0. The molecule has 0 radical (unpaired) electrons. The molecule has 0 amide bonds. The normalized spacial score (nSPS) is 35.1. The van der Waals surface area contributed by atoms with Gasteiger partial charge in [0.1, 0.15) is 17.0 Å². The Morgan fingerprint density at radius 3 is 2.81 bits per heavy atom. The van der Waals surface area contributed by atoms with Crippen LogP contribution in [-0.4, -0.2) is 45.6 Å². The summed E-state index contributed by atoms with van der Waals surface area (Å²) in [6, 6.07) is 5.59. The van der Waals surface area contributed by atoms with Crippen LogP contribution in [0.5, 0.6) is 5.75 Å². The van der Waals surface area contributed by atoms with Gasteiger partial charge in [0.05, 0.1) is 19.4 Å². The van der Waals surface area contributed by atoms with E-state index in [4.69, 9.17) is 33.1 Å². The summed E-state index contributed by atoms with van der Waals surface area (Å²) in [6.45, 7) is 11.5. The molecule has 11 nitrogen and oxygen atoms in total. The molecule has 5 fully saturated rings. The molecule has 1 aliphatic carbocycles. The minimum absolute atomic E-state index is 0.101. The molecular weight excluding hydrogens is 554 g/mol. The Hall–Kier alpha value is -2.83. The monoisotopic (exact) mass is 595 g/mol. The molecule has 4 aliphatic heterocycles. The fourth-order valence-electron chi connectivity index (χ4n) is 7.68. The fourth-order valence-corrected chi connectivity index (χ4v) is 7.68. The molecule has 11 heteroatoms. The van der Waals surface area contributed by atoms with Crippen LogP contribution >= 0.6 is 0 Å². The molecule has 8 rings (SSSR count). The second-order valence-electron chi connectivity index (χ2n) is 13.1. The molecule has 43 heavy (non-hydrogen) atoms. The van der Waals surface area contributed by atoms with Crippen LogP contribution in [0, 0.1) is 37.5 Å². The highest BCUT2D eigenvalue weighted by Crippen LogP contribution is 2.60. The van der Waals surface area contributed by atoms with Crippen LogP contribution in [0.3, 0.4) is 0 Å². The molecule has 2 aromatic heterocycles. The first kappa shape index (κ1) is 28.9. The number of fused-ring (bicyclic) bond motifs is 3. The zero-order valence-electron chi connectivity index (χ0n) is 25.5. The van der Waals surface area contributed by atoms with Crippen molar-refractivity contribution in [1.29, 1.82) is 0 Å². The van der Waals surface area contributed by atoms with E-state index in [-0.39, 0.29) is 24.1 Å². The maximum atomic E-state index is 12.0. The molecule has 1 spiro atoms. The Morgan fingerprint density at radius 2 is 1.95 bits per heavy atom. The lowest BCUT2D eigenvalue weighted by molar-refractivity contribution is -0.577. The van der Waals surface area contributed by atoms with Gasteiger partial charge in [0, 0.05) is 48.2 Å². The first-order valence-electron chi connectivity index (χ1n) is 15.5. The van der Waals surface area contributed by atoms with E-state index in [0.29, 0.717) is 41.9 Å². The fraction of sp³-hybridized carbons (Fsp3) is 0.656. The van der Waals surface area contributed by atoms with E-state index in [1.165, 1.54) is 0 Å². The molecule has 2 bridgehead atoms. The lowest BCUT2D eigenvalue weighted by Crippen LogP contribution is -2.70. The highest BCUT2D eigenvalue weighted by molar-refractivity contribution is 5.82. The van der Waals surface area contributed by atoms with Gasteiger partial charge in [-0.05, 0) is 69.6 Å². The number of ether oxygens (including phenoxy) is 4. The van der Waals surface area contributed by atoms with Crippen LogP contribution in [-0.2, 0) is 37.1 Å². The summed E-state index contributed by atoms with van der Waals surface area (Å²) in [6.07, 6.45) is 5.59. The standard InChI is InChI=1S/C32H41N3O8/c1-18-7-10-26-21(4)29(40-30-32(26)25(18)11-12-31(5,41-30)42-43-32)38-17-22-16-35(34-33-22)13-6-14-37-23-8-9-24-19(2)20(3)28(36)39-27(24)15-23/h8-9,15-16,18,21,25-26,29-30H,6-7,10-14,17H2,1-5H3/t18-,21-,25+,26+,29+,30-,31-,32-/m1/s1. The zero-order valence-corrected chi connectivity index (χ0v) is 25.5. The second kappa shape index (κ2) is 11.0. The number of benzene rings is 1. The van der Waals surface area contributed by atoms with Crippen molar-refractivity contribution >= 4 is 11.0 Å². The Balaban J connectivity index is 0.936. The summed E-state index contributed by atoms with van der Waals surface area (Å²) in [5.74, 6) is 1.00. The predicted octanol–water partition coefficient (Wildman–Crippen LogP) is 5.20. The zero-order chi connectivity index (χ0) is 29.9. The Bertz CT molecular complexity index is 1560. The van der Waals surface area contributed by atoms with Gasteiger partial charge in [0.25, 0.3) is 0 Å². The molecule has 1 saturated carbocycles. The molecule has 0 unspecified atom stereocenters. The van der Waals surface area contributed by atoms with Crippen LogP contribution < -0.4 is 10.4 Å². The third-order valence-electron chi connectivity index (χ3n) is 10.3. The number of hydrogen-bond donors (Lipinski definition) is 0. The average Bonchev–Trinajstić information content (AvgIpc) is 3.32. The molecule has 6 heterocycles. The number of rotatable bonds is 8. The third-order valence-corrected chi connectivity index (χ3v) is 10.3. The smallest absolute Gasteiger partial charge is 0.339 e. The van der Waals surface area contributed by atoms with Crippen molar-refractivity contribution in [2.45, 2.75) is 104 Å². The van der Waals surface area contributed by atoms with Gasteiger partial charge in [-0.25, -0.2) is 14.6 Å². The van der Waals surface area contributed by atoms with Crippen LogP contribution in [0.4, 0.5) is 0 Å². The van der Waals surface area contributed by atoms with Crippen molar-refractivity contribution in [3.63, 3.8) is 0 Å². The Kier molecular flexibility index (Phi) is 7.37. The molecule has 5 aliphatic rings. The topological polar surface area (TPSA) is 116 Å². The van der Waals surface area contributed by atoms with Crippen molar-refractivity contribution in [3.05, 3.63) is 51.6 Å². The number of aryl methyl sites for hydroxylation is 2. The van der Waals surface area contributed by atoms with Crippen molar-refractivity contribution in [1.82, 2.24) is 15.0 Å². The van der Waals surface area contributed by atoms with Gasteiger partial charge in [0.2, 0.25) is 5.79 Å². The summed E-state index contributed by atoms with van der Waals surface area (Å²) >= 11 is 0. The van der Waals surface area contributed by atoms with Gasteiger partial charge in [-0.15, -0.1) is 5.10 Å². The highest BCUT2D eigenvalue weighted by Gasteiger charge is 2.69. The quantitative estimate of drug-likeness (QED) is 0.196. The number of nitrogens with zero attached hydrogens (tertiary/aromatic N) is 3. The van der Waals surface area contributed by atoms with Crippen LogP contribution in [0.2, 0.25) is 0 Å². The molecule has 0 N–H and O–H groups in total. The lowest BCUT2D eigenvalue weighted by atomic mass is 9.58. The molecule has 4 saturated heterocycles. The van der Waals surface area contributed by atoms with E-state index in [1.807, 2.05) is 32.2 Å². The third kappa shape index (κ3) is 4.99. The summed E-state index contributed by atoms with van der Waals surface area (Å²) < 4.78 is 32.4. The van der Waals surface area contributed by atoms with Crippen molar-refractivity contribution < 1.29 is 33.1 Å². The molecule has 3 aromatic rings. The Morgan fingerprint density at radius 1 is 1.09 bits per heavy atom. The van der Waals surface area contributed by atoms with E-state index in [1.54, 1.807) is 17.7 Å². The molecule has 1 aromatic carbocycles. The van der Waals surface area contributed by atoms with E-state index in [2.05, 4.69) is 24.2 Å². The van der Waals surface area contributed by atoms with Gasteiger partial charge in [-0.2, -0.15) is 0 Å². The van der Waals surface area contributed by atoms with E-state index in [0.717, 1.165) is 48.7 Å². The summed E-state index contributed by atoms with van der Waals surface area (Å²) in [5, 5.41) is 9.49. The highest BCUT2D eigenvalue weighted by atomic mass is 17.3. The number of aromatic nitrogens is 3. The van der Waals surface area contributed by atoms with E-state index in [9.17, 15) is 4.79 Å². The maximum Gasteiger partial charge on any atom is 0.339 e. The minimum Gasteiger partial charge on any atom is -0.493 e. The SMILES string of the molecule is Cc1c(C)c2ccc(OCCCn3cc(CO[C@H]4O[C@@H]5O[C@@]6(C)CC[C@H]7[C@H](C)CC[C@@H]([C@H]4C)[C@@]57OO6)nn3)cc2oc1=O. The van der Waals surface area contributed by atoms with Crippen molar-refractivity contribution in [3.8, 4) is 5.75 Å². The van der Waals surface area contributed by atoms with Crippen LogP contribution in [0.15, 0.2) is 33.6 Å². The van der Waals surface area contributed by atoms with Gasteiger partial charge >= 0.3 is 5.63 Å². The van der Waals surface area contributed by atoms with E-state index < -0.39 is 24.0 Å². The van der Waals surface area contributed by atoms with Gasteiger partial charge < -0.3 is 23.4 Å². The molecule has 8 atom stereocenters. The maximum absolute atomic E-state index is 12.0. The largest absolute Gasteiger partial charge is 0.493 e.